The lowest BCUT2D eigenvalue weighted by atomic mass is 9.96. The van der Waals surface area contributed by atoms with Crippen molar-refractivity contribution in [3.63, 3.8) is 0 Å². The fourth-order valence-corrected chi connectivity index (χ4v) is 3.45. The second-order valence-electron chi connectivity index (χ2n) is 7.71. The smallest absolute Gasteiger partial charge is 0.241 e. The number of nitrogens with zero attached hydrogens (tertiary/aromatic N) is 3. The Morgan fingerprint density at radius 2 is 1.80 bits per heavy atom. The highest BCUT2D eigenvalue weighted by atomic mass is 32.2. The lowest BCUT2D eigenvalue weighted by Gasteiger charge is -2.19. The molecule has 0 bridgehead atoms. The van der Waals surface area contributed by atoms with Crippen molar-refractivity contribution in [2.24, 2.45) is 5.92 Å². The molecule has 4 N–H and O–H groups in total. The molecule has 30 heavy (non-hydrogen) atoms. The van der Waals surface area contributed by atoms with Gasteiger partial charge in [0.15, 0.2) is 11.6 Å². The molecule has 0 saturated heterocycles. The summed E-state index contributed by atoms with van der Waals surface area (Å²) in [5, 5.41) is 22.6. The first kappa shape index (κ1) is 23.7. The number of benzene rings is 1. The molecule has 1 unspecified atom stereocenters. The maximum absolute atomic E-state index is 13.7. The maximum Gasteiger partial charge on any atom is 0.241 e. The van der Waals surface area contributed by atoms with Crippen molar-refractivity contribution in [1.82, 2.24) is 15.0 Å². The molecular formula is C19H28FN5O4S. The maximum atomic E-state index is 13.7. The van der Waals surface area contributed by atoms with Crippen LogP contribution in [-0.2, 0) is 16.4 Å². The topological polar surface area (TPSA) is 137 Å². The average molecular weight is 442 g/mol. The number of rotatable bonds is 10. The fraction of sp³-hybridized carbons (Fsp3) is 0.526. The number of phenols is 1. The average Bonchev–Trinajstić information content (AvgIpc) is 2.61. The molecule has 1 aromatic carbocycles. The van der Waals surface area contributed by atoms with Gasteiger partial charge >= 0.3 is 0 Å². The number of halogens is 1. The molecule has 0 fully saturated rings. The zero-order valence-corrected chi connectivity index (χ0v) is 18.2. The molecule has 0 saturated carbocycles. The van der Waals surface area contributed by atoms with E-state index in [9.17, 15) is 23.0 Å². The van der Waals surface area contributed by atoms with Crippen molar-refractivity contribution in [2.75, 3.05) is 22.9 Å². The third kappa shape index (κ3) is 7.06. The quantitative estimate of drug-likeness (QED) is 0.441. The lowest BCUT2D eigenvalue weighted by Crippen LogP contribution is -2.27. The summed E-state index contributed by atoms with van der Waals surface area (Å²) in [6.07, 6.45) is 1.83. The Bertz CT molecular complexity index is 971. The fourth-order valence-electron chi connectivity index (χ4n) is 3.03. The van der Waals surface area contributed by atoms with Gasteiger partial charge in [-0.2, -0.15) is 15.0 Å². The number of aliphatic hydroxyl groups excluding tert-OH is 1. The molecule has 2 rings (SSSR count). The second-order valence-corrected chi connectivity index (χ2v) is 9.46. The number of nitrogens with one attached hydrogen (secondary N) is 2. The highest BCUT2D eigenvalue weighted by Gasteiger charge is 2.19. The normalized spacial score (nSPS) is 13.8. The van der Waals surface area contributed by atoms with E-state index in [2.05, 4.69) is 25.0 Å². The van der Waals surface area contributed by atoms with Gasteiger partial charge in [0.05, 0.1) is 18.9 Å². The minimum absolute atomic E-state index is 0.113. The monoisotopic (exact) mass is 441 g/mol. The largest absolute Gasteiger partial charge is 0.505 e. The van der Waals surface area contributed by atoms with Crippen LogP contribution >= 0.6 is 0 Å². The van der Waals surface area contributed by atoms with Crippen LogP contribution in [0.3, 0.4) is 0 Å². The number of aromatic nitrogens is 3. The summed E-state index contributed by atoms with van der Waals surface area (Å²) in [5.41, 5.74) is 0.385. The van der Waals surface area contributed by atoms with E-state index >= 15 is 0 Å². The van der Waals surface area contributed by atoms with E-state index in [4.69, 9.17) is 0 Å². The SMILES string of the molecule is CC(C)C[C@H](CO)Nc1nc(CC(C)c2cccc(F)c2O)nc(NS(C)(=O)=O)n1. The molecule has 0 spiro atoms. The number of phenolic OH excluding ortho intramolecular Hbond substituents is 1. The second kappa shape index (κ2) is 9.98. The highest BCUT2D eigenvalue weighted by molar-refractivity contribution is 7.91. The summed E-state index contributed by atoms with van der Waals surface area (Å²) in [6.45, 7) is 5.63. The van der Waals surface area contributed by atoms with E-state index in [1.807, 2.05) is 13.8 Å². The van der Waals surface area contributed by atoms with E-state index in [0.29, 0.717) is 17.9 Å². The molecule has 0 amide bonds. The molecular weight excluding hydrogens is 413 g/mol. The predicted octanol–water partition coefficient (Wildman–Crippen LogP) is 2.25. The van der Waals surface area contributed by atoms with Gasteiger partial charge in [-0.15, -0.1) is 0 Å². The number of sulfonamides is 1. The molecule has 0 radical (unpaired) electrons. The van der Waals surface area contributed by atoms with Crippen LogP contribution in [0.15, 0.2) is 18.2 Å². The van der Waals surface area contributed by atoms with Gasteiger partial charge in [-0.25, -0.2) is 12.8 Å². The summed E-state index contributed by atoms with van der Waals surface area (Å²) in [6, 6.07) is 3.93. The molecule has 0 aliphatic carbocycles. The number of para-hydroxylation sites is 1. The van der Waals surface area contributed by atoms with Gasteiger partial charge in [0, 0.05) is 12.0 Å². The molecule has 0 aliphatic rings. The van der Waals surface area contributed by atoms with Crippen molar-refractivity contribution in [2.45, 2.75) is 45.6 Å². The number of aliphatic hydroxyl groups is 1. The Hall–Kier alpha value is -2.53. The first-order valence-corrected chi connectivity index (χ1v) is 11.4. The van der Waals surface area contributed by atoms with Crippen LogP contribution in [-0.4, -0.2) is 52.5 Å². The van der Waals surface area contributed by atoms with Crippen LogP contribution in [0.2, 0.25) is 0 Å². The number of anilines is 2. The first-order valence-electron chi connectivity index (χ1n) is 9.56. The molecule has 9 nitrogen and oxygen atoms in total. The Labute approximate surface area is 175 Å². The third-order valence-corrected chi connectivity index (χ3v) is 4.86. The van der Waals surface area contributed by atoms with Crippen molar-refractivity contribution >= 4 is 21.9 Å². The van der Waals surface area contributed by atoms with Crippen LogP contribution in [0, 0.1) is 11.7 Å². The summed E-state index contributed by atoms with van der Waals surface area (Å²) < 4.78 is 39.2. The summed E-state index contributed by atoms with van der Waals surface area (Å²) in [7, 11) is -3.63. The Balaban J connectivity index is 2.34. The lowest BCUT2D eigenvalue weighted by molar-refractivity contribution is 0.259. The van der Waals surface area contributed by atoms with Gasteiger partial charge in [0.1, 0.15) is 5.82 Å². The van der Waals surface area contributed by atoms with Crippen molar-refractivity contribution in [3.8, 4) is 5.75 Å². The first-order chi connectivity index (χ1) is 14.0. The zero-order chi connectivity index (χ0) is 22.5. The third-order valence-electron chi connectivity index (χ3n) is 4.31. The standard InChI is InChI=1S/C19H28FN5O4S/c1-11(2)8-13(10-26)21-18-22-16(23-19(24-18)25-30(4,28)29)9-12(3)14-6-5-7-15(20)17(14)27/h5-7,11-13,26-27H,8-10H2,1-4H3,(H2,21,22,23,24,25)/t12?,13-/m1/s1. The van der Waals surface area contributed by atoms with Crippen molar-refractivity contribution in [3.05, 3.63) is 35.4 Å². The summed E-state index contributed by atoms with van der Waals surface area (Å²) in [5.74, 6) is -1.02. The number of hydrogen-bond donors (Lipinski definition) is 4. The molecule has 2 atom stereocenters. The Morgan fingerprint density at radius 3 is 2.40 bits per heavy atom. The van der Waals surface area contributed by atoms with Gasteiger partial charge in [0.25, 0.3) is 0 Å². The Morgan fingerprint density at radius 1 is 1.13 bits per heavy atom. The number of hydrogen-bond acceptors (Lipinski definition) is 8. The van der Waals surface area contributed by atoms with Crippen LogP contribution in [0.1, 0.15) is 44.5 Å². The minimum atomic E-state index is -3.63. The van der Waals surface area contributed by atoms with E-state index in [0.717, 1.165) is 12.3 Å². The van der Waals surface area contributed by atoms with E-state index in [1.165, 1.54) is 6.07 Å². The molecule has 2 aromatic rings. The molecule has 1 heterocycles. The Kier molecular flexibility index (Phi) is 7.90. The molecule has 1 aromatic heterocycles. The molecule has 0 aliphatic heterocycles. The number of aromatic hydroxyl groups is 1. The van der Waals surface area contributed by atoms with E-state index < -0.39 is 21.6 Å². The highest BCUT2D eigenvalue weighted by Crippen LogP contribution is 2.30. The van der Waals surface area contributed by atoms with Gasteiger partial charge in [0.2, 0.25) is 21.9 Å². The zero-order valence-electron chi connectivity index (χ0n) is 17.4. The van der Waals surface area contributed by atoms with Crippen molar-refractivity contribution < 1.29 is 23.0 Å². The van der Waals surface area contributed by atoms with Gasteiger partial charge in [-0.3, -0.25) is 4.72 Å². The van der Waals surface area contributed by atoms with Gasteiger partial charge in [-0.1, -0.05) is 32.9 Å². The molecule has 11 heteroatoms. The predicted molar refractivity (Wildman–Crippen MR) is 112 cm³/mol. The van der Waals surface area contributed by atoms with E-state index in [1.54, 1.807) is 13.0 Å². The van der Waals surface area contributed by atoms with Gasteiger partial charge in [-0.05, 0) is 24.3 Å². The van der Waals surface area contributed by atoms with Crippen LogP contribution in [0.4, 0.5) is 16.3 Å². The van der Waals surface area contributed by atoms with E-state index in [-0.39, 0.29) is 42.7 Å². The summed E-state index contributed by atoms with van der Waals surface area (Å²) in [4.78, 5) is 12.5. The van der Waals surface area contributed by atoms with Crippen molar-refractivity contribution in [1.29, 1.82) is 0 Å². The minimum Gasteiger partial charge on any atom is -0.505 e. The van der Waals surface area contributed by atoms with Crippen LogP contribution in [0.25, 0.3) is 0 Å². The van der Waals surface area contributed by atoms with Gasteiger partial charge < -0.3 is 15.5 Å². The van der Waals surface area contributed by atoms with Crippen LogP contribution in [0.5, 0.6) is 5.75 Å². The molecule has 166 valence electrons. The summed E-state index contributed by atoms with van der Waals surface area (Å²) >= 11 is 0. The van der Waals surface area contributed by atoms with Crippen LogP contribution < -0.4 is 10.0 Å².